The van der Waals surface area contributed by atoms with Gasteiger partial charge in [0.05, 0.1) is 29.7 Å². The minimum absolute atomic E-state index is 0.221. The second kappa shape index (κ2) is 5.97. The lowest BCUT2D eigenvalue weighted by Gasteiger charge is -2.10. The summed E-state index contributed by atoms with van der Waals surface area (Å²) in [5.41, 5.74) is 3.48. The number of nitriles is 1. The molecule has 2 aromatic heterocycles. The Kier molecular flexibility index (Phi) is 3.63. The van der Waals surface area contributed by atoms with Crippen LogP contribution in [0.15, 0.2) is 65.7 Å². The van der Waals surface area contributed by atoms with Gasteiger partial charge >= 0.3 is 0 Å². The molecule has 0 bridgehead atoms. The molecule has 0 saturated carbocycles. The van der Waals surface area contributed by atoms with Crippen molar-refractivity contribution in [1.29, 1.82) is 5.26 Å². The first-order valence-electron chi connectivity index (χ1n) is 7.92. The molecule has 5 nitrogen and oxygen atoms in total. The number of hydrogen-bond donors (Lipinski definition) is 0. The number of hydrogen-bond acceptors (Lipinski definition) is 3. The van der Waals surface area contributed by atoms with Gasteiger partial charge < -0.3 is 4.57 Å². The Morgan fingerprint density at radius 1 is 1.12 bits per heavy atom. The van der Waals surface area contributed by atoms with E-state index in [0.29, 0.717) is 22.3 Å². The SMILES string of the molecule is Cn1c(-c2ccc(F)cc2)cn2ncc(-c3cccc(C#N)c3)c2c1=O. The van der Waals surface area contributed by atoms with Crippen LogP contribution in [0.3, 0.4) is 0 Å². The van der Waals surface area contributed by atoms with Crippen LogP contribution in [-0.4, -0.2) is 14.2 Å². The Labute approximate surface area is 148 Å². The molecular formula is C20H13FN4O. The van der Waals surface area contributed by atoms with Gasteiger partial charge in [-0.2, -0.15) is 10.4 Å². The molecule has 0 amide bonds. The third-order valence-electron chi connectivity index (χ3n) is 4.35. The summed E-state index contributed by atoms with van der Waals surface area (Å²) in [7, 11) is 1.67. The highest BCUT2D eigenvalue weighted by Gasteiger charge is 2.15. The van der Waals surface area contributed by atoms with Crippen molar-refractivity contribution in [2.24, 2.45) is 7.05 Å². The summed E-state index contributed by atoms with van der Waals surface area (Å²) in [4.78, 5) is 13.0. The molecule has 2 heterocycles. The van der Waals surface area contributed by atoms with Crippen LogP contribution in [0.1, 0.15) is 5.56 Å². The van der Waals surface area contributed by atoms with Crippen LogP contribution < -0.4 is 5.56 Å². The summed E-state index contributed by atoms with van der Waals surface area (Å²) >= 11 is 0. The van der Waals surface area contributed by atoms with Gasteiger partial charge in [-0.05, 0) is 42.0 Å². The third-order valence-corrected chi connectivity index (χ3v) is 4.35. The Balaban J connectivity index is 1.95. The number of rotatable bonds is 2. The fourth-order valence-electron chi connectivity index (χ4n) is 3.00. The molecule has 0 N–H and O–H groups in total. The second-order valence-corrected chi connectivity index (χ2v) is 5.93. The van der Waals surface area contributed by atoms with Crippen molar-refractivity contribution in [2.45, 2.75) is 0 Å². The molecule has 0 aliphatic rings. The molecule has 0 aliphatic carbocycles. The normalized spacial score (nSPS) is 10.8. The van der Waals surface area contributed by atoms with Gasteiger partial charge in [-0.3, -0.25) is 4.79 Å². The molecule has 0 atom stereocenters. The van der Waals surface area contributed by atoms with Crippen molar-refractivity contribution in [3.05, 3.63) is 82.7 Å². The van der Waals surface area contributed by atoms with E-state index in [1.165, 1.54) is 21.2 Å². The molecule has 0 spiro atoms. The summed E-state index contributed by atoms with van der Waals surface area (Å²) in [5, 5.41) is 13.4. The zero-order valence-electron chi connectivity index (χ0n) is 13.8. The van der Waals surface area contributed by atoms with E-state index in [1.54, 1.807) is 49.8 Å². The molecule has 4 rings (SSSR count). The van der Waals surface area contributed by atoms with Crippen LogP contribution in [0.25, 0.3) is 27.9 Å². The van der Waals surface area contributed by atoms with Gasteiger partial charge in [0.25, 0.3) is 5.56 Å². The maximum absolute atomic E-state index is 13.2. The zero-order chi connectivity index (χ0) is 18.3. The van der Waals surface area contributed by atoms with Gasteiger partial charge in [0.2, 0.25) is 0 Å². The number of aromatic nitrogens is 3. The summed E-state index contributed by atoms with van der Waals surface area (Å²) < 4.78 is 16.2. The van der Waals surface area contributed by atoms with Crippen LogP contribution >= 0.6 is 0 Å². The lowest BCUT2D eigenvalue weighted by Crippen LogP contribution is -2.21. The molecule has 0 aliphatic heterocycles. The maximum Gasteiger partial charge on any atom is 0.277 e. The highest BCUT2D eigenvalue weighted by atomic mass is 19.1. The van der Waals surface area contributed by atoms with Crippen LogP contribution in [0.2, 0.25) is 0 Å². The van der Waals surface area contributed by atoms with Crippen molar-refractivity contribution in [1.82, 2.24) is 14.2 Å². The molecule has 26 heavy (non-hydrogen) atoms. The van der Waals surface area contributed by atoms with Crippen LogP contribution in [0, 0.1) is 17.1 Å². The van der Waals surface area contributed by atoms with Gasteiger partial charge in [0, 0.05) is 18.2 Å². The molecule has 4 aromatic rings. The average molecular weight is 344 g/mol. The third kappa shape index (κ3) is 2.47. The van der Waals surface area contributed by atoms with E-state index in [9.17, 15) is 9.18 Å². The summed E-state index contributed by atoms with van der Waals surface area (Å²) in [6.45, 7) is 0. The molecule has 2 aromatic carbocycles. The van der Waals surface area contributed by atoms with Crippen LogP contribution in [-0.2, 0) is 7.05 Å². The van der Waals surface area contributed by atoms with Gasteiger partial charge in [0.1, 0.15) is 11.3 Å². The van der Waals surface area contributed by atoms with Crippen molar-refractivity contribution in [3.8, 4) is 28.5 Å². The zero-order valence-corrected chi connectivity index (χ0v) is 13.8. The van der Waals surface area contributed by atoms with E-state index in [-0.39, 0.29) is 11.4 Å². The van der Waals surface area contributed by atoms with Gasteiger partial charge in [-0.25, -0.2) is 8.91 Å². The molecular weight excluding hydrogens is 331 g/mol. The minimum atomic E-state index is -0.335. The fraction of sp³-hybridized carbons (Fsp3) is 0.0500. The quantitative estimate of drug-likeness (QED) is 0.560. The number of fused-ring (bicyclic) bond motifs is 1. The molecule has 126 valence electrons. The standard InChI is InChI=1S/C20H13FN4O/c1-24-18(14-5-7-16(21)8-6-14)12-25-19(20(24)26)17(11-23-25)15-4-2-3-13(9-15)10-22/h2-9,11-12H,1H3. The van der Waals surface area contributed by atoms with Crippen molar-refractivity contribution in [3.63, 3.8) is 0 Å². The van der Waals surface area contributed by atoms with Crippen LogP contribution in [0.4, 0.5) is 4.39 Å². The number of benzene rings is 2. The summed E-state index contributed by atoms with van der Waals surface area (Å²) in [6, 6.07) is 15.1. The first-order valence-corrected chi connectivity index (χ1v) is 7.92. The predicted molar refractivity (Wildman–Crippen MR) is 96.0 cm³/mol. The molecule has 0 fully saturated rings. The lowest BCUT2D eigenvalue weighted by atomic mass is 10.1. The van der Waals surface area contributed by atoms with Crippen molar-refractivity contribution in [2.75, 3.05) is 0 Å². The van der Waals surface area contributed by atoms with E-state index in [2.05, 4.69) is 11.2 Å². The smallest absolute Gasteiger partial charge is 0.277 e. The Morgan fingerprint density at radius 2 is 1.88 bits per heavy atom. The summed E-state index contributed by atoms with van der Waals surface area (Å²) in [6.07, 6.45) is 3.35. The molecule has 6 heteroatoms. The van der Waals surface area contributed by atoms with Gasteiger partial charge in [-0.1, -0.05) is 12.1 Å². The highest BCUT2D eigenvalue weighted by molar-refractivity contribution is 5.80. The van der Waals surface area contributed by atoms with Crippen molar-refractivity contribution < 1.29 is 4.39 Å². The number of halogens is 1. The second-order valence-electron chi connectivity index (χ2n) is 5.93. The maximum atomic E-state index is 13.2. The van der Waals surface area contributed by atoms with E-state index < -0.39 is 0 Å². The highest BCUT2D eigenvalue weighted by Crippen LogP contribution is 2.25. The topological polar surface area (TPSA) is 63.1 Å². The van der Waals surface area contributed by atoms with Gasteiger partial charge in [-0.15, -0.1) is 0 Å². The monoisotopic (exact) mass is 344 g/mol. The Morgan fingerprint density at radius 3 is 2.62 bits per heavy atom. The Bertz CT molecular complexity index is 1230. The fourth-order valence-corrected chi connectivity index (χ4v) is 3.00. The van der Waals surface area contributed by atoms with E-state index in [1.807, 2.05) is 6.07 Å². The average Bonchev–Trinajstić information content (AvgIpc) is 3.09. The van der Waals surface area contributed by atoms with Gasteiger partial charge in [0.15, 0.2) is 0 Å². The molecule has 0 unspecified atom stereocenters. The van der Waals surface area contributed by atoms with Crippen molar-refractivity contribution >= 4 is 5.52 Å². The van der Waals surface area contributed by atoms with E-state index in [4.69, 9.17) is 5.26 Å². The molecule has 0 radical (unpaired) electrons. The summed E-state index contributed by atoms with van der Waals surface area (Å²) in [5.74, 6) is -0.335. The molecule has 0 saturated heterocycles. The van der Waals surface area contributed by atoms with E-state index in [0.717, 1.165) is 11.1 Å². The van der Waals surface area contributed by atoms with Crippen LogP contribution in [0.5, 0.6) is 0 Å². The number of nitrogens with zero attached hydrogens (tertiary/aromatic N) is 4. The lowest BCUT2D eigenvalue weighted by molar-refractivity contribution is 0.628. The predicted octanol–water partition coefficient (Wildman–Crippen LogP) is 3.38. The minimum Gasteiger partial charge on any atom is -0.308 e. The Hall–Kier alpha value is -3.72. The first kappa shape index (κ1) is 15.8. The largest absolute Gasteiger partial charge is 0.308 e. The first-order chi connectivity index (χ1) is 12.6. The van der Waals surface area contributed by atoms with E-state index >= 15 is 0 Å².